The van der Waals surface area contributed by atoms with E-state index in [1.165, 1.54) is 10.4 Å². The minimum absolute atomic E-state index is 0.0224. The normalized spacial score (nSPS) is 18.4. The van der Waals surface area contributed by atoms with Gasteiger partial charge in [-0.15, -0.1) is 0 Å². The second-order valence-corrected chi connectivity index (χ2v) is 6.11. The zero-order valence-electron chi connectivity index (χ0n) is 8.51. The fraction of sp³-hybridized carbons (Fsp3) is 0.400. The number of benzene rings is 1. The molecule has 1 aliphatic heterocycles. The third-order valence-corrected chi connectivity index (χ3v) is 4.97. The van der Waals surface area contributed by atoms with Gasteiger partial charge in [0.2, 0.25) is 10.0 Å². The van der Waals surface area contributed by atoms with Gasteiger partial charge in [-0.05, 0) is 12.1 Å². The molecule has 1 heterocycles. The topological polar surface area (TPSA) is 57.6 Å². The summed E-state index contributed by atoms with van der Waals surface area (Å²) in [6.07, 6.45) is 0. The summed E-state index contributed by atoms with van der Waals surface area (Å²) in [6.45, 7) is 0.753. The maximum absolute atomic E-state index is 12.1. The van der Waals surface area contributed by atoms with Gasteiger partial charge in [-0.1, -0.05) is 23.7 Å². The molecule has 1 aromatic rings. The molecule has 0 spiro atoms. The molecule has 16 heavy (non-hydrogen) atoms. The van der Waals surface area contributed by atoms with Gasteiger partial charge in [-0.25, -0.2) is 8.42 Å². The second-order valence-electron chi connectivity index (χ2n) is 3.80. The van der Waals surface area contributed by atoms with Crippen LogP contribution in [0.25, 0.3) is 0 Å². The van der Waals surface area contributed by atoms with Crippen molar-refractivity contribution in [2.75, 3.05) is 19.7 Å². The summed E-state index contributed by atoms with van der Waals surface area (Å²) in [7, 11) is -3.49. The van der Waals surface area contributed by atoms with E-state index in [0.717, 1.165) is 0 Å². The fourth-order valence-corrected chi connectivity index (χ4v) is 3.71. The summed E-state index contributed by atoms with van der Waals surface area (Å²) in [5, 5.41) is 9.08. The maximum atomic E-state index is 12.1. The van der Waals surface area contributed by atoms with Gasteiger partial charge in [-0.2, -0.15) is 4.31 Å². The molecule has 1 fully saturated rings. The lowest BCUT2D eigenvalue weighted by atomic mass is 10.1. The van der Waals surface area contributed by atoms with Crippen LogP contribution in [-0.2, 0) is 10.0 Å². The van der Waals surface area contributed by atoms with Crippen LogP contribution in [0.15, 0.2) is 29.2 Å². The third kappa shape index (κ3) is 1.96. The molecule has 1 N–H and O–H groups in total. The lowest BCUT2D eigenvalue weighted by molar-refractivity contribution is 0.117. The number of nitrogens with zero attached hydrogens (tertiary/aromatic N) is 1. The molecule has 0 saturated carbocycles. The maximum Gasteiger partial charge on any atom is 0.244 e. The van der Waals surface area contributed by atoms with E-state index in [1.807, 2.05) is 0 Å². The molecule has 0 atom stereocenters. The molecule has 0 aliphatic carbocycles. The lowest BCUT2D eigenvalue weighted by Crippen LogP contribution is -2.51. The van der Waals surface area contributed by atoms with E-state index in [4.69, 9.17) is 16.7 Å². The van der Waals surface area contributed by atoms with Crippen LogP contribution in [0, 0.1) is 5.92 Å². The second kappa shape index (κ2) is 4.33. The summed E-state index contributed by atoms with van der Waals surface area (Å²) >= 11 is 5.85. The molecular formula is C10H12ClNO3S. The van der Waals surface area contributed by atoms with Crippen molar-refractivity contribution in [1.29, 1.82) is 0 Å². The molecule has 0 unspecified atom stereocenters. The van der Waals surface area contributed by atoms with Crippen molar-refractivity contribution in [3.8, 4) is 0 Å². The van der Waals surface area contributed by atoms with Crippen molar-refractivity contribution < 1.29 is 13.5 Å². The quantitative estimate of drug-likeness (QED) is 0.882. The monoisotopic (exact) mass is 261 g/mol. The Labute approximate surface area is 99.5 Å². The molecular weight excluding hydrogens is 250 g/mol. The number of aliphatic hydroxyl groups excluding tert-OH is 1. The van der Waals surface area contributed by atoms with Gasteiger partial charge in [0.25, 0.3) is 0 Å². The molecule has 0 amide bonds. The van der Waals surface area contributed by atoms with Crippen molar-refractivity contribution >= 4 is 21.6 Å². The first-order valence-electron chi connectivity index (χ1n) is 4.91. The van der Waals surface area contributed by atoms with Crippen molar-refractivity contribution in [1.82, 2.24) is 4.31 Å². The van der Waals surface area contributed by atoms with E-state index >= 15 is 0 Å². The zero-order valence-corrected chi connectivity index (χ0v) is 10.1. The molecule has 2 rings (SSSR count). The third-order valence-electron chi connectivity index (χ3n) is 2.64. The fourth-order valence-electron chi connectivity index (χ4n) is 1.63. The van der Waals surface area contributed by atoms with E-state index in [2.05, 4.69) is 0 Å². The van der Waals surface area contributed by atoms with Crippen LogP contribution in [0.5, 0.6) is 0 Å². The van der Waals surface area contributed by atoms with E-state index in [0.29, 0.717) is 13.1 Å². The smallest absolute Gasteiger partial charge is 0.244 e. The molecule has 0 radical (unpaired) electrons. The predicted octanol–water partition coefficient (Wildman–Crippen LogP) is 0.953. The Morgan fingerprint density at radius 2 is 2.00 bits per heavy atom. The molecule has 1 aromatic carbocycles. The highest BCUT2D eigenvalue weighted by molar-refractivity contribution is 7.89. The number of sulfonamides is 1. The van der Waals surface area contributed by atoms with Gasteiger partial charge in [0.05, 0.1) is 5.02 Å². The van der Waals surface area contributed by atoms with Gasteiger partial charge >= 0.3 is 0 Å². The number of rotatable bonds is 3. The summed E-state index contributed by atoms with van der Waals surface area (Å²) in [4.78, 5) is 0.132. The predicted molar refractivity (Wildman–Crippen MR) is 60.8 cm³/mol. The zero-order chi connectivity index (χ0) is 11.8. The molecule has 1 saturated heterocycles. The van der Waals surface area contributed by atoms with Gasteiger partial charge < -0.3 is 5.11 Å². The Balaban J connectivity index is 2.24. The molecule has 88 valence electrons. The SMILES string of the molecule is O=S(=O)(c1ccccc1Cl)N1CC(CO)C1. The van der Waals surface area contributed by atoms with Crippen LogP contribution < -0.4 is 0 Å². The highest BCUT2D eigenvalue weighted by atomic mass is 35.5. The minimum Gasteiger partial charge on any atom is -0.396 e. The van der Waals surface area contributed by atoms with Crippen LogP contribution in [0.2, 0.25) is 5.02 Å². The summed E-state index contributed by atoms with van der Waals surface area (Å²) in [5.74, 6) is 0.0530. The Hall–Kier alpha value is -0.620. The highest BCUT2D eigenvalue weighted by Gasteiger charge is 2.36. The first-order valence-corrected chi connectivity index (χ1v) is 6.73. The molecule has 0 bridgehead atoms. The molecule has 6 heteroatoms. The van der Waals surface area contributed by atoms with Gasteiger partial charge in [0.15, 0.2) is 0 Å². The van der Waals surface area contributed by atoms with Crippen molar-refractivity contribution in [2.45, 2.75) is 4.90 Å². The van der Waals surface area contributed by atoms with Crippen molar-refractivity contribution in [3.63, 3.8) is 0 Å². The van der Waals surface area contributed by atoms with Gasteiger partial charge in [0, 0.05) is 25.6 Å². The van der Waals surface area contributed by atoms with Gasteiger partial charge in [0.1, 0.15) is 4.90 Å². The average molecular weight is 262 g/mol. The van der Waals surface area contributed by atoms with Crippen LogP contribution >= 0.6 is 11.6 Å². The Morgan fingerprint density at radius 1 is 1.38 bits per heavy atom. The van der Waals surface area contributed by atoms with E-state index in [1.54, 1.807) is 18.2 Å². The van der Waals surface area contributed by atoms with Crippen molar-refractivity contribution in [2.24, 2.45) is 5.92 Å². The summed E-state index contributed by atoms with van der Waals surface area (Å²) < 4.78 is 25.4. The summed E-state index contributed by atoms with van der Waals surface area (Å²) in [6, 6.07) is 6.37. The number of hydrogen-bond donors (Lipinski definition) is 1. The van der Waals surface area contributed by atoms with Crippen LogP contribution in [0.3, 0.4) is 0 Å². The standard InChI is InChI=1S/C10H12ClNO3S/c11-9-3-1-2-4-10(9)16(14,15)12-5-8(6-12)7-13/h1-4,8,13H,5-7H2. The van der Waals surface area contributed by atoms with Crippen LogP contribution in [-0.4, -0.2) is 37.5 Å². The van der Waals surface area contributed by atoms with Gasteiger partial charge in [-0.3, -0.25) is 0 Å². The van der Waals surface area contributed by atoms with Crippen LogP contribution in [0.1, 0.15) is 0 Å². The number of halogens is 1. The highest BCUT2D eigenvalue weighted by Crippen LogP contribution is 2.28. The average Bonchev–Trinajstić information content (AvgIpc) is 2.16. The van der Waals surface area contributed by atoms with E-state index < -0.39 is 10.0 Å². The first kappa shape index (κ1) is 11.9. The minimum atomic E-state index is -3.49. The Bertz CT molecular complexity index is 483. The largest absolute Gasteiger partial charge is 0.396 e. The molecule has 4 nitrogen and oxygen atoms in total. The van der Waals surface area contributed by atoms with Crippen LogP contribution in [0.4, 0.5) is 0 Å². The Morgan fingerprint density at radius 3 is 2.56 bits per heavy atom. The first-order chi connectivity index (χ1) is 7.55. The number of aliphatic hydroxyl groups is 1. The van der Waals surface area contributed by atoms with E-state index in [-0.39, 0.29) is 22.4 Å². The number of hydrogen-bond acceptors (Lipinski definition) is 3. The Kier molecular flexibility index (Phi) is 3.21. The lowest BCUT2D eigenvalue weighted by Gasteiger charge is -2.37. The summed E-state index contributed by atoms with van der Waals surface area (Å²) in [5.41, 5.74) is 0. The van der Waals surface area contributed by atoms with Crippen molar-refractivity contribution in [3.05, 3.63) is 29.3 Å². The molecule has 0 aromatic heterocycles. The van der Waals surface area contributed by atoms with E-state index in [9.17, 15) is 8.42 Å². The molecule has 1 aliphatic rings.